The molecule has 110 valence electrons. The lowest BCUT2D eigenvalue weighted by Crippen LogP contribution is -2.38. The molecule has 1 aliphatic rings. The van der Waals surface area contributed by atoms with Crippen molar-refractivity contribution in [3.8, 4) is 0 Å². The predicted octanol–water partition coefficient (Wildman–Crippen LogP) is 5.01. The van der Waals surface area contributed by atoms with Gasteiger partial charge in [-0.05, 0) is 19.3 Å². The number of rotatable bonds is 9. The van der Waals surface area contributed by atoms with E-state index in [1.165, 1.54) is 19.3 Å². The van der Waals surface area contributed by atoms with Crippen molar-refractivity contribution in [3.63, 3.8) is 0 Å². The molecule has 1 atom stereocenters. The van der Waals surface area contributed by atoms with E-state index in [4.69, 9.17) is 0 Å². The van der Waals surface area contributed by atoms with Gasteiger partial charge in [0.25, 0.3) is 0 Å². The fraction of sp³-hybridized carbons (Fsp3) is 0.800. The first-order chi connectivity index (χ1) is 9.11. The summed E-state index contributed by atoms with van der Waals surface area (Å²) >= 11 is 7.12. The van der Waals surface area contributed by atoms with Gasteiger partial charge in [-0.1, -0.05) is 77.5 Å². The number of carbonyl (C=O) groups excluding carboxylic acids is 1. The molecular weight excluding hydrogens is 370 g/mol. The van der Waals surface area contributed by atoms with E-state index in [1.54, 1.807) is 0 Å². The lowest BCUT2D eigenvalue weighted by molar-refractivity contribution is -0.127. The third-order valence-electron chi connectivity index (χ3n) is 3.58. The molecule has 4 heteroatoms. The summed E-state index contributed by atoms with van der Waals surface area (Å²) in [7, 11) is 0. The number of halogens is 2. The maximum Gasteiger partial charge on any atom is 0.250 e. The first-order valence-electron chi connectivity index (χ1n) is 7.41. The van der Waals surface area contributed by atoms with Gasteiger partial charge in [0.15, 0.2) is 0 Å². The van der Waals surface area contributed by atoms with Gasteiger partial charge in [0.2, 0.25) is 5.91 Å². The zero-order chi connectivity index (χ0) is 14.3. The number of carbonyl (C=O) groups is 1. The van der Waals surface area contributed by atoms with Gasteiger partial charge in [0.05, 0.1) is 9.78 Å². The smallest absolute Gasteiger partial charge is 0.250 e. The molecule has 0 N–H and O–H groups in total. The molecule has 1 amide bonds. The van der Waals surface area contributed by atoms with Crippen molar-refractivity contribution < 1.29 is 4.79 Å². The highest BCUT2D eigenvalue weighted by atomic mass is 79.9. The summed E-state index contributed by atoms with van der Waals surface area (Å²) in [6.07, 6.45) is 10.2. The van der Waals surface area contributed by atoms with E-state index in [1.807, 2.05) is 4.90 Å². The molecule has 0 radical (unpaired) electrons. The molecule has 1 heterocycles. The minimum Gasteiger partial charge on any atom is -0.330 e. The quantitative estimate of drug-likeness (QED) is 0.397. The third kappa shape index (κ3) is 5.22. The largest absolute Gasteiger partial charge is 0.330 e. The second kappa shape index (κ2) is 9.17. The Morgan fingerprint density at radius 2 is 1.84 bits per heavy atom. The van der Waals surface area contributed by atoms with Crippen molar-refractivity contribution in [2.75, 3.05) is 6.54 Å². The number of hydrogen-bond donors (Lipinski definition) is 0. The average Bonchev–Trinajstić information content (AvgIpc) is 2.70. The van der Waals surface area contributed by atoms with Crippen LogP contribution in [0.25, 0.3) is 0 Å². The van der Waals surface area contributed by atoms with Crippen LogP contribution < -0.4 is 0 Å². The Hall–Kier alpha value is 0.170. The van der Waals surface area contributed by atoms with Crippen LogP contribution in [0, 0.1) is 0 Å². The molecule has 0 aromatic rings. The van der Waals surface area contributed by atoms with Gasteiger partial charge in [-0.15, -0.1) is 0 Å². The standard InChI is InChI=1S/C15H25Br2NO/c1-3-5-7-8-9-12-11-13(14(16)17)18(15(12)19)10-6-4-2/h11,13-14H,3-10H2,1-2H3. The average molecular weight is 395 g/mol. The molecule has 0 saturated carbocycles. The maximum atomic E-state index is 12.4. The van der Waals surface area contributed by atoms with Crippen LogP contribution in [0.3, 0.4) is 0 Å². The minimum atomic E-state index is 0.147. The molecule has 0 aromatic heterocycles. The lowest BCUT2D eigenvalue weighted by Gasteiger charge is -2.25. The molecular formula is C15H25Br2NO. The molecule has 0 aromatic carbocycles. The van der Waals surface area contributed by atoms with Crippen LogP contribution in [0.1, 0.15) is 58.8 Å². The van der Waals surface area contributed by atoms with E-state index in [0.717, 1.165) is 37.8 Å². The molecule has 0 saturated heterocycles. The van der Waals surface area contributed by atoms with Crippen LogP contribution in [0.4, 0.5) is 0 Å². The van der Waals surface area contributed by atoms with Crippen molar-refractivity contribution in [2.45, 2.75) is 68.6 Å². The molecule has 19 heavy (non-hydrogen) atoms. The SMILES string of the molecule is CCCCCCC1=CC(C(Br)Br)N(CCCC)C1=O. The Morgan fingerprint density at radius 1 is 1.16 bits per heavy atom. The molecule has 0 aliphatic carbocycles. The molecule has 1 rings (SSSR count). The van der Waals surface area contributed by atoms with Crippen molar-refractivity contribution in [3.05, 3.63) is 11.6 Å². The highest BCUT2D eigenvalue weighted by molar-refractivity contribution is 9.24. The second-order valence-electron chi connectivity index (χ2n) is 5.18. The fourth-order valence-corrected chi connectivity index (χ4v) is 3.28. The van der Waals surface area contributed by atoms with Crippen LogP contribution in [0.5, 0.6) is 0 Å². The Bertz CT molecular complexity index is 315. The Kier molecular flexibility index (Phi) is 8.31. The van der Waals surface area contributed by atoms with Gasteiger partial charge in [0.1, 0.15) is 0 Å². The minimum absolute atomic E-state index is 0.147. The van der Waals surface area contributed by atoms with E-state index >= 15 is 0 Å². The van der Waals surface area contributed by atoms with E-state index in [2.05, 4.69) is 51.8 Å². The zero-order valence-corrected chi connectivity index (χ0v) is 15.2. The molecule has 2 nitrogen and oxygen atoms in total. The van der Waals surface area contributed by atoms with Crippen molar-refractivity contribution in [2.24, 2.45) is 0 Å². The number of hydrogen-bond acceptors (Lipinski definition) is 1. The zero-order valence-electron chi connectivity index (χ0n) is 12.0. The molecule has 1 aliphatic heterocycles. The summed E-state index contributed by atoms with van der Waals surface area (Å²) in [4.78, 5) is 14.4. The van der Waals surface area contributed by atoms with Crippen LogP contribution in [0.15, 0.2) is 11.6 Å². The van der Waals surface area contributed by atoms with E-state index < -0.39 is 0 Å². The van der Waals surface area contributed by atoms with E-state index in [-0.39, 0.29) is 15.7 Å². The summed E-state index contributed by atoms with van der Waals surface area (Å²) < 4.78 is 0.147. The van der Waals surface area contributed by atoms with Crippen LogP contribution in [0.2, 0.25) is 0 Å². The van der Waals surface area contributed by atoms with Gasteiger partial charge in [0, 0.05) is 12.1 Å². The molecule has 0 bridgehead atoms. The monoisotopic (exact) mass is 393 g/mol. The third-order valence-corrected chi connectivity index (χ3v) is 4.66. The summed E-state index contributed by atoms with van der Waals surface area (Å²) in [5.41, 5.74) is 1.01. The van der Waals surface area contributed by atoms with Crippen molar-refractivity contribution in [1.29, 1.82) is 0 Å². The normalized spacial score (nSPS) is 19.4. The molecule has 1 unspecified atom stereocenters. The highest BCUT2D eigenvalue weighted by Crippen LogP contribution is 2.30. The van der Waals surface area contributed by atoms with E-state index in [0.29, 0.717) is 0 Å². The highest BCUT2D eigenvalue weighted by Gasteiger charge is 2.34. The number of alkyl halides is 2. The summed E-state index contributed by atoms with van der Waals surface area (Å²) in [6.45, 7) is 5.24. The lowest BCUT2D eigenvalue weighted by atomic mass is 10.1. The van der Waals surface area contributed by atoms with Gasteiger partial charge >= 0.3 is 0 Å². The van der Waals surface area contributed by atoms with Gasteiger partial charge in [-0.2, -0.15) is 0 Å². The van der Waals surface area contributed by atoms with Crippen molar-refractivity contribution >= 4 is 37.8 Å². The second-order valence-corrected chi connectivity index (χ2v) is 8.38. The topological polar surface area (TPSA) is 20.3 Å². The fourth-order valence-electron chi connectivity index (χ4n) is 2.41. The summed E-state index contributed by atoms with van der Waals surface area (Å²) in [6, 6.07) is 0.167. The van der Waals surface area contributed by atoms with Crippen LogP contribution >= 0.6 is 31.9 Å². The van der Waals surface area contributed by atoms with Crippen LogP contribution in [-0.4, -0.2) is 27.1 Å². The first-order valence-corrected chi connectivity index (χ1v) is 9.24. The van der Waals surface area contributed by atoms with Crippen LogP contribution in [-0.2, 0) is 4.79 Å². The van der Waals surface area contributed by atoms with Gasteiger partial charge in [-0.25, -0.2) is 0 Å². The van der Waals surface area contributed by atoms with E-state index in [9.17, 15) is 4.79 Å². The summed E-state index contributed by atoms with van der Waals surface area (Å²) in [5, 5.41) is 0. The first kappa shape index (κ1) is 17.2. The Morgan fingerprint density at radius 3 is 2.42 bits per heavy atom. The summed E-state index contributed by atoms with van der Waals surface area (Å²) in [5.74, 6) is 0.249. The van der Waals surface area contributed by atoms with Gasteiger partial charge in [-0.3, -0.25) is 4.79 Å². The Labute approximate surface area is 134 Å². The number of nitrogens with zero attached hydrogens (tertiary/aromatic N) is 1. The van der Waals surface area contributed by atoms with Gasteiger partial charge < -0.3 is 4.90 Å². The number of amides is 1. The molecule has 0 fully saturated rings. The number of unbranched alkanes of at least 4 members (excludes halogenated alkanes) is 4. The molecule has 0 spiro atoms. The predicted molar refractivity (Wildman–Crippen MR) is 88.9 cm³/mol. The van der Waals surface area contributed by atoms with Crippen molar-refractivity contribution in [1.82, 2.24) is 4.90 Å². The maximum absolute atomic E-state index is 12.4. The Balaban J connectivity index is 2.56.